The van der Waals surface area contributed by atoms with E-state index in [9.17, 15) is 24.3 Å². The van der Waals surface area contributed by atoms with Crippen molar-refractivity contribution >= 4 is 61.0 Å². The molecule has 0 saturated carbocycles. The van der Waals surface area contributed by atoms with Crippen molar-refractivity contribution in [1.82, 2.24) is 51.6 Å². The lowest BCUT2D eigenvalue weighted by atomic mass is 10.1. The number of ether oxygens (including phenoxy) is 1. The molecule has 0 spiro atoms. The Labute approximate surface area is 260 Å². The number of carbonyl (C=O) groups is 1. The van der Waals surface area contributed by atoms with Crippen LogP contribution in [0.5, 0.6) is 0 Å². The molecular weight excluding hydrogens is 689 g/mol. The molecule has 5 fully saturated rings. The highest BCUT2D eigenvalue weighted by atomic mass is 32.5. The number of hydrogen-bond donors (Lipinski definition) is 9. The first-order valence-corrected chi connectivity index (χ1v) is 18.2. The molecule has 0 radical (unpaired) electrons. The van der Waals surface area contributed by atoms with Crippen LogP contribution in [0.25, 0.3) is 11.2 Å². The Morgan fingerprint density at radius 1 is 1.20 bits per heavy atom. The number of carbonyl (C=O) groups excluding carboxylic acids is 1. The number of nitrogen functional groups attached to an aromatic ring is 1. The van der Waals surface area contributed by atoms with Crippen LogP contribution in [0.15, 0.2) is 6.33 Å². The Morgan fingerprint density at radius 2 is 2.00 bits per heavy atom. The number of phosphoric ester groups is 1. The van der Waals surface area contributed by atoms with E-state index in [0.29, 0.717) is 0 Å². The molecule has 0 aromatic carbocycles. The average Bonchev–Trinajstić information content (AvgIpc) is 3.72. The molecule has 11 N–H and O–H groups in total. The van der Waals surface area contributed by atoms with Crippen molar-refractivity contribution < 1.29 is 51.5 Å². The Morgan fingerprint density at radius 3 is 2.80 bits per heavy atom. The number of fused-ring (bicyclic) bond motifs is 5. The highest BCUT2D eigenvalue weighted by Crippen LogP contribution is 2.55. The Balaban J connectivity index is 1.16. The molecule has 7 heterocycles. The zero-order valence-electron chi connectivity index (χ0n) is 22.5. The average molecular weight is 717 g/mol. The minimum Gasteiger partial charge on any atom is -0.389 e. The number of halogens is 1. The van der Waals surface area contributed by atoms with Crippen LogP contribution in [0.3, 0.4) is 0 Å². The fourth-order valence-electron chi connectivity index (χ4n) is 5.53. The van der Waals surface area contributed by atoms with Gasteiger partial charge in [-0.05, 0) is 11.8 Å². The highest BCUT2D eigenvalue weighted by molar-refractivity contribution is 8.07. The molecule has 13 atom stereocenters. The summed E-state index contributed by atoms with van der Waals surface area (Å²) in [6.45, 7) is -5.52. The predicted molar refractivity (Wildman–Crippen MR) is 150 cm³/mol. The fourth-order valence-corrected chi connectivity index (χ4v) is 9.62. The van der Waals surface area contributed by atoms with Gasteiger partial charge in [0.15, 0.2) is 29.4 Å². The predicted octanol–water partition coefficient (Wildman–Crippen LogP) is -4.04. The van der Waals surface area contributed by atoms with Crippen LogP contribution in [0.4, 0.5) is 10.2 Å². The van der Waals surface area contributed by atoms with Crippen molar-refractivity contribution in [2.24, 2.45) is 5.73 Å². The van der Waals surface area contributed by atoms with Crippen molar-refractivity contribution in [1.29, 1.82) is 0 Å². The number of nitrogens with one attached hydrogen (secondary N) is 4. The largest absolute Gasteiger partial charge is 0.472 e. The number of nitrogens with zero attached hydrogens (tertiary/aromatic N) is 6. The van der Waals surface area contributed by atoms with Crippen LogP contribution in [-0.2, 0) is 44.0 Å². The second kappa shape index (κ2) is 11.8. The fraction of sp³-hybridized carbons (Fsp3) is 0.722. The number of hydrogen-bond acceptors (Lipinski definition) is 20. The summed E-state index contributed by atoms with van der Waals surface area (Å²) in [4.78, 5) is 41.9. The van der Waals surface area contributed by atoms with Gasteiger partial charge >= 0.3 is 14.5 Å². The first-order valence-electron chi connectivity index (χ1n) is 13.2. The molecule has 5 aliphatic rings. The minimum absolute atomic E-state index is 0.00989. The van der Waals surface area contributed by atoms with E-state index < -0.39 is 99.6 Å². The number of anilines is 1. The maximum absolute atomic E-state index is 15.9. The Bertz CT molecular complexity index is 1580. The van der Waals surface area contributed by atoms with Gasteiger partial charge in [-0.1, -0.05) is 5.21 Å². The smallest absolute Gasteiger partial charge is 0.389 e. The molecule has 27 heteroatoms. The topological polar surface area (TPSA) is 301 Å². The third kappa shape index (κ3) is 5.89. The molecular formula is C18H27FN12O10P2S2. The van der Waals surface area contributed by atoms with Crippen LogP contribution in [0.2, 0.25) is 0 Å². The molecule has 5 unspecified atom stereocenters. The van der Waals surface area contributed by atoms with Crippen molar-refractivity contribution in [3.05, 3.63) is 6.33 Å². The lowest BCUT2D eigenvalue weighted by molar-refractivity contribution is -0.127. The van der Waals surface area contributed by atoms with Crippen molar-refractivity contribution in [2.45, 2.75) is 65.9 Å². The van der Waals surface area contributed by atoms with Crippen LogP contribution in [0.1, 0.15) is 6.23 Å². The van der Waals surface area contributed by atoms with Gasteiger partial charge in [-0.25, -0.2) is 24.3 Å². The van der Waals surface area contributed by atoms with Gasteiger partial charge in [0.25, 0.3) is 0 Å². The third-order valence-corrected chi connectivity index (χ3v) is 11.7. The number of phosphoric acid groups is 1. The number of hydrazine groups is 2. The normalized spacial score (nSPS) is 46.2. The van der Waals surface area contributed by atoms with E-state index >= 15 is 4.39 Å². The summed E-state index contributed by atoms with van der Waals surface area (Å²) in [5, 5.41) is 24.0. The number of rotatable bonds is 2. The molecule has 7 rings (SSSR count). The van der Waals surface area contributed by atoms with Crippen LogP contribution in [0, 0.1) is 0 Å². The van der Waals surface area contributed by atoms with Gasteiger partial charge in [0, 0.05) is 0 Å². The number of amides is 1. The van der Waals surface area contributed by atoms with Gasteiger partial charge in [0.2, 0.25) is 5.91 Å². The number of alkyl halides is 1. The number of aliphatic hydroxyl groups excluding tert-OH is 1. The molecule has 5 saturated heterocycles. The van der Waals surface area contributed by atoms with Crippen LogP contribution >= 0.6 is 26.3 Å². The Hall–Kier alpha value is -1.61. The number of nitrogens with two attached hydrogens (primary N) is 2. The summed E-state index contributed by atoms with van der Waals surface area (Å²) >= 11 is 6.26. The number of aromatic nitrogens is 5. The zero-order valence-corrected chi connectivity index (χ0v) is 25.9. The van der Waals surface area contributed by atoms with E-state index in [-0.39, 0.29) is 17.0 Å². The van der Waals surface area contributed by atoms with E-state index in [0.717, 1.165) is 22.8 Å². The zero-order chi connectivity index (χ0) is 31.8. The molecule has 0 aliphatic carbocycles. The van der Waals surface area contributed by atoms with E-state index in [1.54, 1.807) is 0 Å². The van der Waals surface area contributed by atoms with Gasteiger partial charge < -0.3 is 39.7 Å². The second-order valence-electron chi connectivity index (χ2n) is 10.4. The quantitative estimate of drug-likeness (QED) is 0.134. The van der Waals surface area contributed by atoms with E-state index in [4.69, 9.17) is 46.1 Å². The molecule has 1 amide bonds. The maximum Gasteiger partial charge on any atom is 0.472 e. The van der Waals surface area contributed by atoms with Crippen molar-refractivity contribution in [3.63, 3.8) is 0 Å². The molecule has 2 aromatic heterocycles. The summed E-state index contributed by atoms with van der Waals surface area (Å²) in [6.07, 6.45) is -10.3. The number of thioether (sulfide) groups is 1. The summed E-state index contributed by atoms with van der Waals surface area (Å²) in [5.74, 6) is -0.439. The van der Waals surface area contributed by atoms with Gasteiger partial charge in [-0.15, -0.1) is 16.9 Å². The van der Waals surface area contributed by atoms with Crippen molar-refractivity contribution in [2.75, 3.05) is 18.9 Å². The molecule has 22 nitrogen and oxygen atoms in total. The lowest BCUT2D eigenvalue weighted by Gasteiger charge is -2.38. The van der Waals surface area contributed by atoms with E-state index in [1.807, 2.05) is 0 Å². The SMILES string of the molecule is Nc1ncnc2c1nnn2[C@@H]1O[C@@H]2COP(O)(=S)O[C@@H]3[C@H](O)[C@@H](COP(=O)(O)O[C@H]2[C@@H]1F)S[C@H]3N1NNC2C(=O)NC(N)NC21. The van der Waals surface area contributed by atoms with Crippen molar-refractivity contribution in [3.8, 4) is 0 Å². The monoisotopic (exact) mass is 716 g/mol. The third-order valence-electron chi connectivity index (χ3n) is 7.59. The van der Waals surface area contributed by atoms with Gasteiger partial charge in [0.05, 0.1) is 24.6 Å². The maximum atomic E-state index is 15.9. The van der Waals surface area contributed by atoms with Gasteiger partial charge in [-0.3, -0.25) is 24.9 Å². The minimum atomic E-state index is -5.03. The van der Waals surface area contributed by atoms with Crippen LogP contribution < -0.4 is 33.1 Å². The first-order chi connectivity index (χ1) is 21.3. The standard InChI is InChI=1S/C18H27FN12O10P2S2/c19-6-10-4(39-16(6)30-13-7(26-28-30)12(20)22-3-23-13)1-38-43(36,44)41-11-9(32)5(2-37-42(34,35)40-10)45-17(11)31-14-8(27-29-31)15(33)25-18(21)24-14/h3-6,8-11,14,16-18,24,27,29,32H,1-2,21H2,(H,25,33)(H,34,35)(H,36,44)(H2,20,22,23)/t4-,5-,6+,8?,9-,10-,11-,14?,16-,17-,18?,43?/m1/s1. The van der Waals surface area contributed by atoms with Gasteiger partial charge in [-0.2, -0.15) is 15.2 Å². The Kier molecular flexibility index (Phi) is 8.39. The van der Waals surface area contributed by atoms with E-state index in [2.05, 4.69) is 41.9 Å². The summed E-state index contributed by atoms with van der Waals surface area (Å²) in [7, 11) is -5.03. The summed E-state index contributed by atoms with van der Waals surface area (Å²) in [6, 6.07) is -0.813. The lowest BCUT2D eigenvalue weighted by Crippen LogP contribution is -2.70. The second-order valence-corrected chi connectivity index (χ2v) is 16.0. The van der Waals surface area contributed by atoms with E-state index in [1.165, 1.54) is 5.01 Å². The molecule has 45 heavy (non-hydrogen) atoms. The molecule has 2 bridgehead atoms. The molecule has 5 aliphatic heterocycles. The summed E-state index contributed by atoms with van der Waals surface area (Å²) in [5.41, 5.74) is 17.4. The number of aliphatic hydroxyl groups is 1. The highest BCUT2D eigenvalue weighted by Gasteiger charge is 2.57. The summed E-state index contributed by atoms with van der Waals surface area (Å²) < 4.78 is 57.5. The van der Waals surface area contributed by atoms with Crippen LogP contribution in [-0.4, -0.2) is 124 Å². The first kappa shape index (κ1) is 32.0. The van der Waals surface area contributed by atoms with Gasteiger partial charge in [0.1, 0.15) is 48.5 Å². The molecule has 2 aromatic rings. The molecule has 248 valence electrons.